The van der Waals surface area contributed by atoms with E-state index in [1.807, 2.05) is 30.3 Å². The molecule has 0 aliphatic heterocycles. The molecule has 0 aliphatic rings. The molecule has 8 heteroatoms. The van der Waals surface area contributed by atoms with Gasteiger partial charge >= 0.3 is 6.01 Å². The number of benzene rings is 2. The van der Waals surface area contributed by atoms with Crippen molar-refractivity contribution in [1.29, 1.82) is 0 Å². The van der Waals surface area contributed by atoms with Crippen molar-refractivity contribution in [2.75, 3.05) is 11.6 Å². The average Bonchev–Trinajstić information content (AvgIpc) is 3.02. The fraction of sp³-hybridized carbons (Fsp3) is 0.118. The number of nitrogens with zero attached hydrogens (tertiary/aromatic N) is 2. The Kier molecular flexibility index (Phi) is 4.62. The minimum Gasteiger partial charge on any atom is -0.407 e. The van der Waals surface area contributed by atoms with E-state index < -0.39 is 15.7 Å². The number of amides is 1. The van der Waals surface area contributed by atoms with Crippen molar-refractivity contribution in [2.45, 2.75) is 11.3 Å². The van der Waals surface area contributed by atoms with Gasteiger partial charge in [-0.2, -0.15) is 0 Å². The highest BCUT2D eigenvalue weighted by Gasteiger charge is 2.19. The van der Waals surface area contributed by atoms with Crippen molar-refractivity contribution in [1.82, 2.24) is 10.2 Å². The summed E-state index contributed by atoms with van der Waals surface area (Å²) in [7, 11) is -3.53. The summed E-state index contributed by atoms with van der Waals surface area (Å²) >= 11 is 0. The highest BCUT2D eigenvalue weighted by atomic mass is 32.2. The van der Waals surface area contributed by atoms with Gasteiger partial charge in [0.25, 0.3) is 5.91 Å². The van der Waals surface area contributed by atoms with Crippen LogP contribution in [0.15, 0.2) is 63.9 Å². The fourth-order valence-corrected chi connectivity index (χ4v) is 3.17. The van der Waals surface area contributed by atoms with Gasteiger partial charge in [0.15, 0.2) is 9.84 Å². The lowest BCUT2D eigenvalue weighted by atomic mass is 10.2. The molecule has 3 rings (SSSR count). The summed E-state index contributed by atoms with van der Waals surface area (Å²) in [5.41, 5.74) is 1.01. The number of carbonyl (C=O) groups is 1. The van der Waals surface area contributed by atoms with Crippen molar-refractivity contribution in [3.63, 3.8) is 0 Å². The van der Waals surface area contributed by atoms with Crippen molar-refractivity contribution >= 4 is 21.8 Å². The van der Waals surface area contributed by atoms with Crippen LogP contribution in [0.25, 0.3) is 0 Å². The lowest BCUT2D eigenvalue weighted by Crippen LogP contribution is -2.16. The number of aromatic nitrogens is 2. The lowest BCUT2D eigenvalue weighted by molar-refractivity contribution is 0.102. The van der Waals surface area contributed by atoms with E-state index in [-0.39, 0.29) is 16.5 Å². The van der Waals surface area contributed by atoms with Gasteiger partial charge in [-0.05, 0) is 17.7 Å². The minimum absolute atomic E-state index is 0.0211. The first kappa shape index (κ1) is 16.8. The number of anilines is 1. The Morgan fingerprint density at radius 3 is 2.44 bits per heavy atom. The van der Waals surface area contributed by atoms with Gasteiger partial charge < -0.3 is 4.42 Å². The van der Waals surface area contributed by atoms with Crippen LogP contribution in [0.2, 0.25) is 0 Å². The summed E-state index contributed by atoms with van der Waals surface area (Å²) in [5, 5.41) is 10.1. The first-order chi connectivity index (χ1) is 11.9. The van der Waals surface area contributed by atoms with Gasteiger partial charge in [0.05, 0.1) is 16.9 Å². The summed E-state index contributed by atoms with van der Waals surface area (Å²) in [6.07, 6.45) is 1.48. The van der Waals surface area contributed by atoms with Crippen LogP contribution in [0.4, 0.5) is 6.01 Å². The van der Waals surface area contributed by atoms with E-state index in [1.165, 1.54) is 12.1 Å². The second-order valence-electron chi connectivity index (χ2n) is 5.39. The van der Waals surface area contributed by atoms with Crippen LogP contribution in [0.5, 0.6) is 0 Å². The largest absolute Gasteiger partial charge is 0.407 e. The molecule has 0 saturated heterocycles. The molecule has 2 aromatic carbocycles. The average molecular weight is 357 g/mol. The third-order valence-electron chi connectivity index (χ3n) is 3.42. The van der Waals surface area contributed by atoms with Gasteiger partial charge in [-0.15, -0.1) is 5.10 Å². The number of hydrogen-bond acceptors (Lipinski definition) is 6. The van der Waals surface area contributed by atoms with Gasteiger partial charge in [-0.1, -0.05) is 47.6 Å². The second kappa shape index (κ2) is 6.86. The molecule has 1 heterocycles. The molecule has 0 unspecified atom stereocenters. The molecule has 0 atom stereocenters. The number of nitrogens with one attached hydrogen (secondary N) is 1. The maximum Gasteiger partial charge on any atom is 0.322 e. The lowest BCUT2D eigenvalue weighted by Gasteiger charge is -2.06. The molecule has 0 spiro atoms. The summed E-state index contributed by atoms with van der Waals surface area (Å²) in [4.78, 5) is 12.3. The minimum atomic E-state index is -3.53. The maximum absolute atomic E-state index is 12.3. The zero-order valence-corrected chi connectivity index (χ0v) is 14.2. The molecule has 0 saturated carbocycles. The predicted molar refractivity (Wildman–Crippen MR) is 91.1 cm³/mol. The van der Waals surface area contributed by atoms with Crippen LogP contribution in [0, 0.1) is 0 Å². The molecule has 1 N–H and O–H groups in total. The summed E-state index contributed by atoms with van der Waals surface area (Å²) in [6, 6.07) is 15.4. The predicted octanol–water partition coefficient (Wildman–Crippen LogP) is 2.32. The van der Waals surface area contributed by atoms with Crippen molar-refractivity contribution in [3.05, 3.63) is 71.6 Å². The smallest absolute Gasteiger partial charge is 0.322 e. The summed E-state index contributed by atoms with van der Waals surface area (Å²) in [5.74, 6) is -0.283. The standard InChI is InChI=1S/C17H15N3O4S/c1-25(22,23)14-10-6-5-9-13(14)16(21)18-17-20-19-15(24-17)11-12-7-3-2-4-8-12/h2-10H,11H2,1H3,(H,18,20,21). The fourth-order valence-electron chi connectivity index (χ4n) is 2.29. The van der Waals surface area contributed by atoms with Gasteiger partial charge in [0.2, 0.25) is 5.89 Å². The molecular formula is C17H15N3O4S. The van der Waals surface area contributed by atoms with E-state index in [0.717, 1.165) is 11.8 Å². The highest BCUT2D eigenvalue weighted by Crippen LogP contribution is 2.17. The molecule has 3 aromatic rings. The molecule has 0 aliphatic carbocycles. The summed E-state index contributed by atoms with van der Waals surface area (Å²) in [6.45, 7) is 0. The van der Waals surface area contributed by atoms with Crippen LogP contribution in [-0.4, -0.2) is 30.8 Å². The number of sulfone groups is 1. The van der Waals surface area contributed by atoms with Gasteiger partial charge in [-0.25, -0.2) is 8.42 Å². The zero-order valence-electron chi connectivity index (χ0n) is 13.3. The molecule has 0 bridgehead atoms. The van der Waals surface area contributed by atoms with Gasteiger partial charge in [0.1, 0.15) is 0 Å². The quantitative estimate of drug-likeness (QED) is 0.752. The molecular weight excluding hydrogens is 342 g/mol. The normalized spacial score (nSPS) is 11.2. The Morgan fingerprint density at radius 1 is 1.04 bits per heavy atom. The molecule has 1 amide bonds. The van der Waals surface area contributed by atoms with E-state index in [0.29, 0.717) is 12.3 Å². The topological polar surface area (TPSA) is 102 Å². The molecule has 1 aromatic heterocycles. The first-order valence-electron chi connectivity index (χ1n) is 7.40. The highest BCUT2D eigenvalue weighted by molar-refractivity contribution is 7.90. The Morgan fingerprint density at radius 2 is 1.72 bits per heavy atom. The Labute approximate surface area is 144 Å². The van der Waals surface area contributed by atoms with Crippen LogP contribution in [0.1, 0.15) is 21.8 Å². The van der Waals surface area contributed by atoms with E-state index >= 15 is 0 Å². The van der Waals surface area contributed by atoms with Crippen LogP contribution >= 0.6 is 0 Å². The SMILES string of the molecule is CS(=O)(=O)c1ccccc1C(=O)Nc1nnc(Cc2ccccc2)o1. The number of rotatable bonds is 5. The van der Waals surface area contributed by atoms with Crippen molar-refractivity contribution < 1.29 is 17.6 Å². The number of carbonyl (C=O) groups excluding carboxylic acids is 1. The molecule has 128 valence electrons. The summed E-state index contributed by atoms with van der Waals surface area (Å²) < 4.78 is 29.0. The van der Waals surface area contributed by atoms with E-state index in [9.17, 15) is 13.2 Å². The number of hydrogen-bond donors (Lipinski definition) is 1. The van der Waals surface area contributed by atoms with E-state index in [4.69, 9.17) is 4.42 Å². The molecule has 0 radical (unpaired) electrons. The second-order valence-corrected chi connectivity index (χ2v) is 7.37. The monoisotopic (exact) mass is 357 g/mol. The van der Waals surface area contributed by atoms with E-state index in [2.05, 4.69) is 15.5 Å². The van der Waals surface area contributed by atoms with Crippen LogP contribution in [0.3, 0.4) is 0 Å². The van der Waals surface area contributed by atoms with Crippen LogP contribution < -0.4 is 5.32 Å². The van der Waals surface area contributed by atoms with Crippen molar-refractivity contribution in [3.8, 4) is 0 Å². The Bertz CT molecular complexity index is 997. The third-order valence-corrected chi connectivity index (χ3v) is 4.57. The Balaban J connectivity index is 1.77. The first-order valence-corrected chi connectivity index (χ1v) is 9.29. The molecule has 7 nitrogen and oxygen atoms in total. The van der Waals surface area contributed by atoms with Gasteiger partial charge in [-0.3, -0.25) is 10.1 Å². The Hall–Kier alpha value is -3.00. The maximum atomic E-state index is 12.3. The van der Waals surface area contributed by atoms with E-state index in [1.54, 1.807) is 12.1 Å². The van der Waals surface area contributed by atoms with Gasteiger partial charge in [0, 0.05) is 6.26 Å². The third kappa shape index (κ3) is 4.10. The molecule has 25 heavy (non-hydrogen) atoms. The van der Waals surface area contributed by atoms with Crippen LogP contribution in [-0.2, 0) is 16.3 Å². The van der Waals surface area contributed by atoms with Crippen molar-refractivity contribution in [2.24, 2.45) is 0 Å². The molecule has 0 fully saturated rings. The zero-order chi connectivity index (χ0) is 17.9.